The minimum absolute atomic E-state index is 0.131. The van der Waals surface area contributed by atoms with Crippen LogP contribution < -0.4 is 0 Å². The van der Waals surface area contributed by atoms with Crippen molar-refractivity contribution >= 4 is 43.6 Å². The second-order valence-corrected chi connectivity index (χ2v) is 9.89. The van der Waals surface area contributed by atoms with E-state index in [1.807, 2.05) is 34.9 Å². The Labute approximate surface area is 273 Å². The van der Waals surface area contributed by atoms with Crippen molar-refractivity contribution in [2.24, 2.45) is 0 Å². The predicted octanol–water partition coefficient (Wildman–Crippen LogP) is 9.40. The van der Waals surface area contributed by atoms with Crippen LogP contribution in [0.25, 0.3) is 77.8 Å². The zero-order chi connectivity index (χ0) is 41.2. The quantitative estimate of drug-likeness (QED) is 0.209. The molecule has 4 aromatic heterocycles. The summed E-state index contributed by atoms with van der Waals surface area (Å²) in [5.74, 6) is -0.457. The molecule has 4 heterocycles. The molecule has 0 radical (unpaired) electrons. The van der Waals surface area contributed by atoms with E-state index in [2.05, 4.69) is 9.97 Å². The van der Waals surface area contributed by atoms with E-state index in [0.29, 0.717) is 16.8 Å². The maximum Gasteiger partial charge on any atom is 0.235 e. The first-order chi connectivity index (χ1) is 27.7. The zero-order valence-corrected chi connectivity index (χ0v) is 22.6. The van der Waals surface area contributed by atoms with Gasteiger partial charge in [-0.2, -0.15) is 0 Å². The topological polar surface area (TPSA) is 48.5 Å². The molecule has 44 heavy (non-hydrogen) atoms. The Kier molecular flexibility index (Phi) is 3.19. The van der Waals surface area contributed by atoms with Crippen molar-refractivity contribution in [3.05, 3.63) is 152 Å². The maximum atomic E-state index is 9.65. The van der Waals surface area contributed by atoms with Crippen LogP contribution in [0.5, 0.6) is 0 Å². The molecule has 0 aliphatic carbocycles. The number of benzene rings is 5. The number of hydrogen-bond donors (Lipinski definition) is 0. The summed E-state index contributed by atoms with van der Waals surface area (Å²) in [6, 6.07) is 7.49. The van der Waals surface area contributed by atoms with Crippen LogP contribution in [0.1, 0.15) is 19.2 Å². The SMILES string of the molecule is [2H]c1c(-c2ccccc2-n2c3ccccc3c3ccncc32)nc(-n2c3c([2H])c([2H])c([2H])c([2H])c3c3c([2H])c([2H])c([2H])c([2H])c32)nc1-c1c([2H])c([2H])c([2H])c([2H])c1[2H]. The maximum absolute atomic E-state index is 9.65. The van der Waals surface area contributed by atoms with E-state index in [1.54, 1.807) is 36.7 Å². The number of hydrogen-bond acceptors (Lipinski definition) is 3. The average Bonchev–Trinajstić information content (AvgIpc) is 3.77. The number of pyridine rings is 1. The number of rotatable bonds is 4. The summed E-state index contributed by atoms with van der Waals surface area (Å²) in [6.45, 7) is 0. The summed E-state index contributed by atoms with van der Waals surface area (Å²) >= 11 is 0. The Balaban J connectivity index is 1.50. The molecule has 206 valence electrons. The molecule has 0 aliphatic rings. The Bertz CT molecular complexity index is 3140. The van der Waals surface area contributed by atoms with Gasteiger partial charge in [-0.3, -0.25) is 9.55 Å². The van der Waals surface area contributed by atoms with Crippen molar-refractivity contribution in [2.45, 2.75) is 0 Å². The van der Waals surface area contributed by atoms with E-state index in [0.717, 1.165) is 20.9 Å². The number of nitrogens with zero attached hydrogens (tertiary/aromatic N) is 5. The van der Waals surface area contributed by atoms with E-state index in [-0.39, 0.29) is 27.5 Å². The highest BCUT2D eigenvalue weighted by atomic mass is 15.2. The summed E-state index contributed by atoms with van der Waals surface area (Å²) < 4.78 is 125. The fourth-order valence-corrected chi connectivity index (χ4v) is 5.67. The fraction of sp³-hybridized carbons (Fsp3) is 0. The van der Waals surface area contributed by atoms with Crippen molar-refractivity contribution in [3.8, 4) is 34.2 Å². The molecule has 0 spiro atoms. The van der Waals surface area contributed by atoms with Gasteiger partial charge < -0.3 is 4.57 Å². The minimum atomic E-state index is -0.699. The lowest BCUT2D eigenvalue weighted by Gasteiger charge is -2.16. The van der Waals surface area contributed by atoms with Crippen LogP contribution in [-0.2, 0) is 0 Å². The first-order valence-corrected chi connectivity index (χ1v) is 13.6. The third kappa shape index (κ3) is 3.69. The molecule has 0 atom stereocenters. The molecule has 0 aliphatic heterocycles. The molecule has 5 nitrogen and oxygen atoms in total. The van der Waals surface area contributed by atoms with Gasteiger partial charge in [-0.15, -0.1) is 0 Å². The normalized spacial score (nSPS) is 16.1. The van der Waals surface area contributed by atoms with Gasteiger partial charge in [0, 0.05) is 38.9 Å². The molecule has 0 amide bonds. The predicted molar refractivity (Wildman–Crippen MR) is 179 cm³/mol. The van der Waals surface area contributed by atoms with Gasteiger partial charge in [-0.05, 0) is 36.3 Å². The van der Waals surface area contributed by atoms with Crippen molar-refractivity contribution in [3.63, 3.8) is 0 Å². The molecule has 0 bridgehead atoms. The smallest absolute Gasteiger partial charge is 0.235 e. The Morgan fingerprint density at radius 3 is 2.00 bits per heavy atom. The second-order valence-electron chi connectivity index (χ2n) is 9.89. The van der Waals surface area contributed by atoms with Gasteiger partial charge in [0.2, 0.25) is 5.95 Å². The molecule has 9 aromatic rings. The van der Waals surface area contributed by atoms with E-state index >= 15 is 0 Å². The summed E-state index contributed by atoms with van der Waals surface area (Å²) in [7, 11) is 0. The zero-order valence-electron chi connectivity index (χ0n) is 36.6. The molecule has 9 rings (SSSR count). The Morgan fingerprint density at radius 1 is 0.523 bits per heavy atom. The van der Waals surface area contributed by atoms with Crippen LogP contribution >= 0.6 is 0 Å². The Morgan fingerprint density at radius 2 is 1.18 bits per heavy atom. The largest absolute Gasteiger partial charge is 0.307 e. The van der Waals surface area contributed by atoms with Gasteiger partial charge in [-0.1, -0.05) is 103 Å². The molecule has 5 heteroatoms. The van der Waals surface area contributed by atoms with Gasteiger partial charge in [0.15, 0.2) is 0 Å². The van der Waals surface area contributed by atoms with E-state index in [9.17, 15) is 1.37 Å². The van der Waals surface area contributed by atoms with Gasteiger partial charge in [-0.25, -0.2) is 9.97 Å². The van der Waals surface area contributed by atoms with Crippen LogP contribution in [0.15, 0.2) is 152 Å². The standard InChI is InChI=1S/C39H25N5/c1-2-12-26(13-3-1)32-24-33(42-39(41-32)44-35-19-9-5-14-27(35)28-15-6-10-20-36(28)44)31-17-7-11-21-37(31)43-34-18-8-4-16-29(34)30-22-23-40-25-38(30)43/h1-25H/i1D,2D,3D,5D,6D,9D,10D,12D,13D,14D,15D,19D,20D,24D. The van der Waals surface area contributed by atoms with Gasteiger partial charge in [0.25, 0.3) is 0 Å². The van der Waals surface area contributed by atoms with Crippen molar-refractivity contribution in [2.75, 3.05) is 0 Å². The van der Waals surface area contributed by atoms with Crippen LogP contribution in [0, 0.1) is 0 Å². The number of para-hydroxylation sites is 4. The summed E-state index contributed by atoms with van der Waals surface area (Å²) in [6.07, 6.45) is 3.36. The van der Waals surface area contributed by atoms with Crippen molar-refractivity contribution in [1.29, 1.82) is 0 Å². The average molecular weight is 578 g/mol. The fourth-order valence-electron chi connectivity index (χ4n) is 5.67. The minimum Gasteiger partial charge on any atom is -0.307 e. The Hall–Kier alpha value is -6.07. The first kappa shape index (κ1) is 14.4. The van der Waals surface area contributed by atoms with Crippen LogP contribution in [0.2, 0.25) is 0 Å². The van der Waals surface area contributed by atoms with E-state index in [1.165, 1.54) is 0 Å². The molecular formula is C39H25N5. The number of fused-ring (bicyclic) bond motifs is 6. The molecule has 0 N–H and O–H groups in total. The van der Waals surface area contributed by atoms with Crippen LogP contribution in [0.4, 0.5) is 0 Å². The highest BCUT2D eigenvalue weighted by Gasteiger charge is 2.20. The van der Waals surface area contributed by atoms with Crippen LogP contribution in [0.3, 0.4) is 0 Å². The molecule has 0 fully saturated rings. The van der Waals surface area contributed by atoms with Gasteiger partial charge in [0.1, 0.15) is 0 Å². The number of aromatic nitrogens is 5. The van der Waals surface area contributed by atoms with Crippen molar-refractivity contribution in [1.82, 2.24) is 24.1 Å². The summed E-state index contributed by atoms with van der Waals surface area (Å²) in [5.41, 5.74) is 0.663. The first-order valence-electron chi connectivity index (χ1n) is 20.6. The van der Waals surface area contributed by atoms with Crippen LogP contribution in [-0.4, -0.2) is 24.1 Å². The van der Waals surface area contributed by atoms with E-state index < -0.39 is 102 Å². The molecule has 0 unspecified atom stereocenters. The molecular weight excluding hydrogens is 538 g/mol. The lowest BCUT2D eigenvalue weighted by atomic mass is 10.1. The molecule has 0 saturated heterocycles. The monoisotopic (exact) mass is 577 g/mol. The molecule has 0 saturated carbocycles. The lowest BCUT2D eigenvalue weighted by Crippen LogP contribution is -2.05. The highest BCUT2D eigenvalue weighted by molar-refractivity contribution is 6.10. The third-order valence-electron chi connectivity index (χ3n) is 7.51. The second kappa shape index (κ2) is 9.75. The third-order valence-corrected chi connectivity index (χ3v) is 7.51. The van der Waals surface area contributed by atoms with Crippen molar-refractivity contribution < 1.29 is 19.2 Å². The molecule has 5 aromatic carbocycles. The lowest BCUT2D eigenvalue weighted by molar-refractivity contribution is 0.994. The van der Waals surface area contributed by atoms with Gasteiger partial charge in [0.05, 0.1) is 64.5 Å². The van der Waals surface area contributed by atoms with Gasteiger partial charge >= 0.3 is 0 Å². The summed E-state index contributed by atoms with van der Waals surface area (Å²) in [5, 5.41) is 1.30. The van der Waals surface area contributed by atoms with E-state index in [4.69, 9.17) is 22.8 Å². The highest BCUT2D eigenvalue weighted by Crippen LogP contribution is 2.37. The summed E-state index contributed by atoms with van der Waals surface area (Å²) in [4.78, 5) is 13.8.